The number of carbonyl (C=O) groups is 1. The highest BCUT2D eigenvalue weighted by molar-refractivity contribution is 5.74. The molecule has 2 N–H and O–H groups in total. The lowest BCUT2D eigenvalue weighted by molar-refractivity contribution is -0.138. The molecule has 4 nitrogen and oxygen atoms in total. The first kappa shape index (κ1) is 10.8. The van der Waals surface area contributed by atoms with Gasteiger partial charge < -0.3 is 5.11 Å². The number of nitrogens with one attached hydrogen (secondary N) is 1. The summed E-state index contributed by atoms with van der Waals surface area (Å²) in [5.41, 5.74) is 1.61. The Balaban J connectivity index is 2.72. The average Bonchev–Trinajstić information content (AvgIpc) is 2.50. The number of rotatable bonds is 4. The molecule has 0 amide bonds. The summed E-state index contributed by atoms with van der Waals surface area (Å²) in [7, 11) is 0. The third-order valence-corrected chi connectivity index (χ3v) is 2.09. The Morgan fingerprint density at radius 1 is 1.57 bits per heavy atom. The molecule has 0 aliphatic rings. The molecule has 0 saturated heterocycles. The van der Waals surface area contributed by atoms with E-state index in [4.69, 9.17) is 5.11 Å². The molecule has 1 aromatic heterocycles. The van der Waals surface area contributed by atoms with Crippen molar-refractivity contribution >= 4 is 5.97 Å². The number of carboxylic acid groups (broad SMARTS) is 1. The number of nitrogens with zero attached hydrogens (tertiary/aromatic N) is 1. The Bertz CT molecular complexity index is 318. The summed E-state index contributed by atoms with van der Waals surface area (Å²) in [4.78, 5) is 10.7. The first-order valence-corrected chi connectivity index (χ1v) is 4.77. The fourth-order valence-corrected chi connectivity index (χ4v) is 1.27. The lowest BCUT2D eigenvalue weighted by atomic mass is 10.1. The highest BCUT2D eigenvalue weighted by atomic mass is 16.4. The van der Waals surface area contributed by atoms with Crippen molar-refractivity contribution in [3.63, 3.8) is 0 Å². The normalized spacial score (nSPS) is 13.1. The van der Waals surface area contributed by atoms with Gasteiger partial charge in [-0.2, -0.15) is 5.10 Å². The molecular weight excluding hydrogens is 180 g/mol. The Morgan fingerprint density at radius 3 is 2.71 bits per heavy atom. The SMILES string of the molecule is CC(C)Cc1cc(C(C)C(=O)O)n[nH]1. The molecule has 0 bridgehead atoms. The quantitative estimate of drug-likeness (QED) is 0.771. The highest BCUT2D eigenvalue weighted by Gasteiger charge is 2.16. The Hall–Kier alpha value is -1.32. The molecule has 1 unspecified atom stereocenters. The van der Waals surface area contributed by atoms with Crippen LogP contribution in [-0.4, -0.2) is 21.3 Å². The summed E-state index contributed by atoms with van der Waals surface area (Å²) in [5.74, 6) is -0.830. The van der Waals surface area contributed by atoms with Crippen LogP contribution < -0.4 is 0 Å². The second-order valence-electron chi connectivity index (χ2n) is 3.98. The van der Waals surface area contributed by atoms with Gasteiger partial charge in [0, 0.05) is 5.69 Å². The first-order chi connectivity index (χ1) is 6.50. The molecule has 1 atom stereocenters. The maximum Gasteiger partial charge on any atom is 0.312 e. The Morgan fingerprint density at radius 2 is 2.21 bits per heavy atom. The number of carboxylic acids is 1. The van der Waals surface area contributed by atoms with Crippen molar-refractivity contribution in [1.82, 2.24) is 10.2 Å². The third kappa shape index (κ3) is 2.58. The summed E-state index contributed by atoms with van der Waals surface area (Å²) in [6.45, 7) is 5.86. The zero-order valence-corrected chi connectivity index (χ0v) is 8.74. The van der Waals surface area contributed by atoms with Crippen LogP contribution in [0.5, 0.6) is 0 Å². The van der Waals surface area contributed by atoms with Gasteiger partial charge in [-0.3, -0.25) is 9.89 Å². The molecular formula is C10H16N2O2. The molecule has 0 radical (unpaired) electrons. The summed E-state index contributed by atoms with van der Waals surface area (Å²) >= 11 is 0. The van der Waals surface area contributed by atoms with Crippen LogP contribution in [0.25, 0.3) is 0 Å². The zero-order valence-electron chi connectivity index (χ0n) is 8.74. The summed E-state index contributed by atoms with van der Waals surface area (Å²) in [6.07, 6.45) is 0.902. The van der Waals surface area contributed by atoms with Gasteiger partial charge >= 0.3 is 5.97 Å². The van der Waals surface area contributed by atoms with Crippen molar-refractivity contribution < 1.29 is 9.90 Å². The molecule has 0 aromatic carbocycles. The molecule has 0 fully saturated rings. The molecule has 0 saturated carbocycles. The minimum Gasteiger partial charge on any atom is -0.481 e. The number of aliphatic carboxylic acids is 1. The van der Waals surface area contributed by atoms with Crippen LogP contribution in [0, 0.1) is 5.92 Å². The van der Waals surface area contributed by atoms with Gasteiger partial charge in [0.25, 0.3) is 0 Å². The Labute approximate surface area is 83.3 Å². The number of hydrogen-bond donors (Lipinski definition) is 2. The topological polar surface area (TPSA) is 66.0 Å². The van der Waals surface area contributed by atoms with E-state index in [1.54, 1.807) is 6.92 Å². The van der Waals surface area contributed by atoms with Gasteiger partial charge in [-0.1, -0.05) is 13.8 Å². The summed E-state index contributed by atoms with van der Waals surface area (Å²) < 4.78 is 0. The van der Waals surface area contributed by atoms with E-state index in [0.717, 1.165) is 12.1 Å². The van der Waals surface area contributed by atoms with Gasteiger partial charge in [0.05, 0.1) is 11.6 Å². The molecule has 14 heavy (non-hydrogen) atoms. The number of aromatic amines is 1. The van der Waals surface area contributed by atoms with Gasteiger partial charge in [0.2, 0.25) is 0 Å². The van der Waals surface area contributed by atoms with Gasteiger partial charge in [-0.05, 0) is 25.3 Å². The molecule has 4 heteroatoms. The second kappa shape index (κ2) is 4.26. The maximum atomic E-state index is 10.7. The van der Waals surface area contributed by atoms with Gasteiger partial charge in [-0.15, -0.1) is 0 Å². The van der Waals surface area contributed by atoms with Crippen LogP contribution in [0.1, 0.15) is 38.1 Å². The van der Waals surface area contributed by atoms with Crippen LogP contribution in [-0.2, 0) is 11.2 Å². The average molecular weight is 196 g/mol. The van der Waals surface area contributed by atoms with Crippen molar-refractivity contribution in [2.45, 2.75) is 33.1 Å². The van der Waals surface area contributed by atoms with E-state index in [-0.39, 0.29) is 0 Å². The molecule has 1 heterocycles. The molecule has 0 spiro atoms. The van der Waals surface area contributed by atoms with Crippen LogP contribution in [0.3, 0.4) is 0 Å². The van der Waals surface area contributed by atoms with E-state index in [2.05, 4.69) is 24.0 Å². The fraction of sp³-hybridized carbons (Fsp3) is 0.600. The number of aromatic nitrogens is 2. The molecule has 78 valence electrons. The smallest absolute Gasteiger partial charge is 0.312 e. The van der Waals surface area contributed by atoms with Crippen molar-refractivity contribution in [2.75, 3.05) is 0 Å². The zero-order chi connectivity index (χ0) is 10.7. The monoisotopic (exact) mass is 196 g/mol. The molecule has 0 aliphatic heterocycles. The number of H-pyrrole nitrogens is 1. The predicted molar refractivity (Wildman–Crippen MR) is 53.2 cm³/mol. The number of hydrogen-bond acceptors (Lipinski definition) is 2. The van der Waals surface area contributed by atoms with Crippen molar-refractivity contribution in [2.24, 2.45) is 5.92 Å². The van der Waals surface area contributed by atoms with Crippen LogP contribution in [0.4, 0.5) is 0 Å². The molecule has 1 rings (SSSR count). The molecule has 1 aromatic rings. The Kier molecular flexibility index (Phi) is 3.28. The van der Waals surface area contributed by atoms with Crippen molar-refractivity contribution in [1.29, 1.82) is 0 Å². The third-order valence-electron chi connectivity index (χ3n) is 2.09. The van der Waals surface area contributed by atoms with E-state index in [9.17, 15) is 4.79 Å². The van der Waals surface area contributed by atoms with E-state index in [1.165, 1.54) is 0 Å². The lowest BCUT2D eigenvalue weighted by Crippen LogP contribution is -2.07. The largest absolute Gasteiger partial charge is 0.481 e. The predicted octanol–water partition coefficient (Wildman–Crippen LogP) is 1.80. The van der Waals surface area contributed by atoms with Gasteiger partial charge in [-0.25, -0.2) is 0 Å². The summed E-state index contributed by atoms with van der Waals surface area (Å²) in [6, 6.07) is 1.83. The molecule has 0 aliphatic carbocycles. The van der Waals surface area contributed by atoms with Gasteiger partial charge in [0.1, 0.15) is 0 Å². The van der Waals surface area contributed by atoms with E-state index in [1.807, 2.05) is 6.07 Å². The minimum absolute atomic E-state index is 0.535. The fourth-order valence-electron chi connectivity index (χ4n) is 1.27. The van der Waals surface area contributed by atoms with Crippen molar-refractivity contribution in [3.8, 4) is 0 Å². The van der Waals surface area contributed by atoms with Crippen LogP contribution in [0.15, 0.2) is 6.07 Å². The van der Waals surface area contributed by atoms with E-state index < -0.39 is 11.9 Å². The lowest BCUT2D eigenvalue weighted by Gasteiger charge is -2.00. The van der Waals surface area contributed by atoms with Crippen molar-refractivity contribution in [3.05, 3.63) is 17.5 Å². The van der Waals surface area contributed by atoms with E-state index >= 15 is 0 Å². The van der Waals surface area contributed by atoms with Crippen LogP contribution in [0.2, 0.25) is 0 Å². The van der Waals surface area contributed by atoms with Gasteiger partial charge in [0.15, 0.2) is 0 Å². The minimum atomic E-state index is -0.840. The standard InChI is InChI=1S/C10H16N2O2/c1-6(2)4-8-5-9(12-11-8)7(3)10(13)14/h5-7H,4H2,1-3H3,(H,11,12)(H,13,14). The maximum absolute atomic E-state index is 10.7. The second-order valence-corrected chi connectivity index (χ2v) is 3.98. The van der Waals surface area contributed by atoms with E-state index in [0.29, 0.717) is 11.6 Å². The first-order valence-electron chi connectivity index (χ1n) is 4.77. The summed E-state index contributed by atoms with van der Waals surface area (Å²) in [5, 5.41) is 15.6. The van der Waals surface area contributed by atoms with Crippen LogP contribution >= 0.6 is 0 Å². The highest BCUT2D eigenvalue weighted by Crippen LogP contribution is 2.15.